The second-order valence-corrected chi connectivity index (χ2v) is 5.40. The molecule has 2 rings (SSSR count). The number of hydrogen-bond acceptors (Lipinski definition) is 5. The smallest absolute Gasteiger partial charge is 0.231 e. The summed E-state index contributed by atoms with van der Waals surface area (Å²) in [6.07, 6.45) is 0.993. The highest BCUT2D eigenvalue weighted by molar-refractivity contribution is 5.03. The lowest BCUT2D eigenvalue weighted by Crippen LogP contribution is -2.32. The Kier molecular flexibility index (Phi) is 4.35. The Labute approximate surface area is 108 Å². The quantitative estimate of drug-likeness (QED) is 0.868. The maximum atomic E-state index is 5.47. The molecule has 0 radical (unpaired) electrons. The van der Waals surface area contributed by atoms with Crippen LogP contribution in [-0.4, -0.2) is 36.4 Å². The van der Waals surface area contributed by atoms with Crippen molar-refractivity contribution in [3.63, 3.8) is 0 Å². The van der Waals surface area contributed by atoms with Crippen LogP contribution in [0.15, 0.2) is 4.52 Å². The van der Waals surface area contributed by atoms with Crippen molar-refractivity contribution in [3.8, 4) is 0 Å². The van der Waals surface area contributed by atoms with E-state index in [2.05, 4.69) is 36.2 Å². The molecule has 0 saturated carbocycles. The molecule has 0 aliphatic carbocycles. The predicted molar refractivity (Wildman–Crippen MR) is 68.6 cm³/mol. The van der Waals surface area contributed by atoms with Crippen LogP contribution in [0.1, 0.15) is 50.7 Å². The molecule has 18 heavy (non-hydrogen) atoms. The van der Waals surface area contributed by atoms with Crippen LogP contribution in [0.5, 0.6) is 0 Å². The number of aromatic nitrogens is 2. The SMILES string of the molecule is CNC(C)C(c1nc(C2CCOC2)no1)C(C)C. The Morgan fingerprint density at radius 2 is 2.11 bits per heavy atom. The van der Waals surface area contributed by atoms with Gasteiger partial charge in [-0.15, -0.1) is 0 Å². The van der Waals surface area contributed by atoms with Gasteiger partial charge in [0.2, 0.25) is 5.89 Å². The zero-order chi connectivity index (χ0) is 13.1. The van der Waals surface area contributed by atoms with Crippen LogP contribution >= 0.6 is 0 Å². The fourth-order valence-electron chi connectivity index (χ4n) is 2.54. The maximum Gasteiger partial charge on any atom is 0.231 e. The highest BCUT2D eigenvalue weighted by atomic mass is 16.5. The molecule has 0 spiro atoms. The van der Waals surface area contributed by atoms with Crippen molar-refractivity contribution in [2.75, 3.05) is 20.3 Å². The Hall–Kier alpha value is -0.940. The normalized spacial score (nSPS) is 23.5. The van der Waals surface area contributed by atoms with Gasteiger partial charge in [-0.3, -0.25) is 0 Å². The van der Waals surface area contributed by atoms with Crippen LogP contribution in [0.3, 0.4) is 0 Å². The van der Waals surface area contributed by atoms with Crippen molar-refractivity contribution >= 4 is 0 Å². The summed E-state index contributed by atoms with van der Waals surface area (Å²) in [4.78, 5) is 4.59. The average Bonchev–Trinajstić information content (AvgIpc) is 2.98. The number of ether oxygens (including phenoxy) is 1. The molecule has 1 aromatic rings. The molecule has 1 fully saturated rings. The molecule has 3 atom stereocenters. The van der Waals surface area contributed by atoms with E-state index in [-0.39, 0.29) is 5.92 Å². The molecule has 1 aliphatic rings. The van der Waals surface area contributed by atoms with Crippen LogP contribution in [-0.2, 0) is 4.74 Å². The molecule has 1 saturated heterocycles. The van der Waals surface area contributed by atoms with Crippen molar-refractivity contribution in [2.24, 2.45) is 5.92 Å². The number of nitrogens with zero attached hydrogens (tertiary/aromatic N) is 2. The summed E-state index contributed by atoms with van der Waals surface area (Å²) in [5.74, 6) is 2.56. The van der Waals surface area contributed by atoms with E-state index >= 15 is 0 Å². The molecule has 5 heteroatoms. The molecular formula is C13H23N3O2. The summed E-state index contributed by atoms with van der Waals surface area (Å²) >= 11 is 0. The van der Waals surface area contributed by atoms with Crippen molar-refractivity contribution < 1.29 is 9.26 Å². The second kappa shape index (κ2) is 5.80. The highest BCUT2D eigenvalue weighted by Crippen LogP contribution is 2.29. The van der Waals surface area contributed by atoms with Crippen molar-refractivity contribution in [1.82, 2.24) is 15.5 Å². The average molecular weight is 253 g/mol. The molecule has 1 aliphatic heterocycles. The zero-order valence-corrected chi connectivity index (χ0v) is 11.6. The fourth-order valence-corrected chi connectivity index (χ4v) is 2.54. The van der Waals surface area contributed by atoms with Gasteiger partial charge in [0, 0.05) is 18.6 Å². The molecule has 2 heterocycles. The summed E-state index contributed by atoms with van der Waals surface area (Å²) < 4.78 is 10.8. The van der Waals surface area contributed by atoms with Gasteiger partial charge in [-0.1, -0.05) is 19.0 Å². The van der Waals surface area contributed by atoms with E-state index in [1.165, 1.54) is 0 Å². The maximum absolute atomic E-state index is 5.47. The summed E-state index contributed by atoms with van der Waals surface area (Å²) in [5.41, 5.74) is 0. The molecule has 1 aromatic heterocycles. The summed E-state index contributed by atoms with van der Waals surface area (Å²) in [6.45, 7) is 8.03. The molecule has 0 bridgehead atoms. The third-order valence-corrected chi connectivity index (χ3v) is 3.75. The Morgan fingerprint density at radius 3 is 2.67 bits per heavy atom. The minimum absolute atomic E-state index is 0.249. The summed E-state index contributed by atoms with van der Waals surface area (Å²) in [5, 5.41) is 7.40. The number of nitrogens with one attached hydrogen (secondary N) is 1. The fraction of sp³-hybridized carbons (Fsp3) is 0.846. The minimum atomic E-state index is 0.249. The molecule has 102 valence electrons. The van der Waals surface area contributed by atoms with Crippen molar-refractivity contribution in [3.05, 3.63) is 11.7 Å². The number of likely N-dealkylation sites (N-methyl/N-ethyl adjacent to an activating group) is 1. The van der Waals surface area contributed by atoms with Crippen LogP contribution in [0.4, 0.5) is 0 Å². The first kappa shape index (κ1) is 13.5. The zero-order valence-electron chi connectivity index (χ0n) is 11.6. The summed E-state index contributed by atoms with van der Waals surface area (Å²) in [7, 11) is 1.96. The lowest BCUT2D eigenvalue weighted by molar-refractivity contribution is 0.192. The Bertz CT molecular complexity index is 372. The van der Waals surface area contributed by atoms with Crippen LogP contribution in [0.25, 0.3) is 0 Å². The lowest BCUT2D eigenvalue weighted by atomic mass is 9.89. The van der Waals surface area contributed by atoms with Crippen LogP contribution in [0, 0.1) is 5.92 Å². The van der Waals surface area contributed by atoms with Gasteiger partial charge in [0.05, 0.1) is 12.5 Å². The first-order valence-corrected chi connectivity index (χ1v) is 6.72. The van der Waals surface area contributed by atoms with Gasteiger partial charge in [0.15, 0.2) is 5.82 Å². The number of rotatable bonds is 5. The monoisotopic (exact) mass is 253 g/mol. The standard InChI is InChI=1S/C13H23N3O2/c1-8(2)11(9(3)14-4)13-15-12(16-18-13)10-5-6-17-7-10/h8-11,14H,5-7H2,1-4H3. The van der Waals surface area contributed by atoms with E-state index in [1.807, 2.05) is 7.05 Å². The van der Waals surface area contributed by atoms with Gasteiger partial charge in [0.25, 0.3) is 0 Å². The number of hydrogen-bond donors (Lipinski definition) is 1. The van der Waals surface area contributed by atoms with Crippen LogP contribution in [0.2, 0.25) is 0 Å². The highest BCUT2D eigenvalue weighted by Gasteiger charge is 2.30. The molecule has 1 N–H and O–H groups in total. The van der Waals surface area contributed by atoms with Crippen molar-refractivity contribution in [2.45, 2.75) is 45.1 Å². The van der Waals surface area contributed by atoms with Gasteiger partial charge in [0.1, 0.15) is 0 Å². The Morgan fingerprint density at radius 1 is 1.33 bits per heavy atom. The van der Waals surface area contributed by atoms with E-state index in [4.69, 9.17) is 9.26 Å². The largest absolute Gasteiger partial charge is 0.381 e. The lowest BCUT2D eigenvalue weighted by Gasteiger charge is -2.23. The van der Waals surface area contributed by atoms with E-state index in [0.717, 1.165) is 24.7 Å². The van der Waals surface area contributed by atoms with Gasteiger partial charge >= 0.3 is 0 Å². The van der Waals surface area contributed by atoms with Crippen molar-refractivity contribution in [1.29, 1.82) is 0 Å². The van der Waals surface area contributed by atoms with Gasteiger partial charge in [-0.05, 0) is 26.3 Å². The van der Waals surface area contributed by atoms with Gasteiger partial charge in [-0.25, -0.2) is 0 Å². The van der Waals surface area contributed by atoms with E-state index in [0.29, 0.717) is 24.5 Å². The van der Waals surface area contributed by atoms with Gasteiger partial charge in [-0.2, -0.15) is 4.98 Å². The molecule has 0 aromatic carbocycles. The molecular weight excluding hydrogens is 230 g/mol. The molecule has 3 unspecified atom stereocenters. The van der Waals surface area contributed by atoms with Gasteiger partial charge < -0.3 is 14.6 Å². The minimum Gasteiger partial charge on any atom is -0.381 e. The third-order valence-electron chi connectivity index (χ3n) is 3.75. The predicted octanol–water partition coefficient (Wildman–Crippen LogP) is 1.92. The van der Waals surface area contributed by atoms with Crippen LogP contribution < -0.4 is 5.32 Å². The first-order valence-electron chi connectivity index (χ1n) is 6.72. The van der Waals surface area contributed by atoms with E-state index in [9.17, 15) is 0 Å². The first-order chi connectivity index (χ1) is 8.63. The second-order valence-electron chi connectivity index (χ2n) is 5.40. The summed E-state index contributed by atoms with van der Waals surface area (Å²) in [6, 6.07) is 0.318. The van der Waals surface area contributed by atoms with E-state index < -0.39 is 0 Å². The Balaban J connectivity index is 2.15. The third kappa shape index (κ3) is 2.72. The molecule has 0 amide bonds. The topological polar surface area (TPSA) is 60.2 Å². The molecule has 5 nitrogen and oxygen atoms in total. The van der Waals surface area contributed by atoms with E-state index in [1.54, 1.807) is 0 Å².